The summed E-state index contributed by atoms with van der Waals surface area (Å²) in [7, 11) is 5.99. The van der Waals surface area contributed by atoms with Crippen LogP contribution in [0.2, 0.25) is 0 Å². The summed E-state index contributed by atoms with van der Waals surface area (Å²) in [5.41, 5.74) is 2.82. The predicted molar refractivity (Wildman–Crippen MR) is 107 cm³/mol. The molecule has 0 saturated carbocycles. The van der Waals surface area contributed by atoms with E-state index in [9.17, 15) is 9.59 Å². The zero-order chi connectivity index (χ0) is 19.9. The molecule has 0 atom stereocenters. The molecule has 1 aromatic carbocycles. The van der Waals surface area contributed by atoms with Crippen molar-refractivity contribution in [1.29, 1.82) is 0 Å². The van der Waals surface area contributed by atoms with Gasteiger partial charge in [-0.3, -0.25) is 9.59 Å². The largest absolute Gasteiger partial charge is 0.481 e. The number of benzene rings is 1. The molecule has 3 rings (SSSR count). The van der Waals surface area contributed by atoms with Gasteiger partial charge in [0.25, 0.3) is 0 Å². The van der Waals surface area contributed by atoms with Crippen LogP contribution in [0.3, 0.4) is 0 Å². The summed E-state index contributed by atoms with van der Waals surface area (Å²) in [6, 6.07) is 11.7. The topological polar surface area (TPSA) is 109 Å². The number of carboxylic acids is 1. The Labute approximate surface area is 163 Å². The number of aromatic nitrogens is 3. The van der Waals surface area contributed by atoms with E-state index in [0.717, 1.165) is 17.1 Å². The monoisotopic (exact) mass is 377 g/mol. The van der Waals surface area contributed by atoms with E-state index >= 15 is 0 Å². The Kier molecular flexibility index (Phi) is 6.26. The van der Waals surface area contributed by atoms with E-state index in [-0.39, 0.29) is 18.7 Å². The maximum absolute atomic E-state index is 11.5. The molecule has 3 aromatic rings. The molecule has 0 unspecified atom stereocenters. The Bertz CT molecular complexity index is 974. The van der Waals surface area contributed by atoms with Crippen LogP contribution in [-0.4, -0.2) is 52.5 Å². The van der Waals surface area contributed by atoms with E-state index in [1.54, 1.807) is 10.7 Å². The van der Waals surface area contributed by atoms with E-state index < -0.39 is 5.97 Å². The normalized spacial score (nSPS) is 10.7. The van der Waals surface area contributed by atoms with Crippen molar-refractivity contribution in [2.24, 2.45) is 0 Å². The molecule has 0 aliphatic rings. The van der Waals surface area contributed by atoms with Crippen molar-refractivity contribution >= 4 is 36.7 Å². The van der Waals surface area contributed by atoms with E-state index in [2.05, 4.69) is 20.7 Å². The first-order chi connectivity index (χ1) is 13.5. The van der Waals surface area contributed by atoms with Gasteiger partial charge in [0.15, 0.2) is 5.65 Å². The predicted octanol–water partition coefficient (Wildman–Crippen LogP) is 0.973. The lowest BCUT2D eigenvalue weighted by molar-refractivity contribution is -0.138. The quantitative estimate of drug-likeness (QED) is 0.379. The average Bonchev–Trinajstić information content (AvgIpc) is 3.08. The molecule has 2 heterocycles. The fourth-order valence-corrected chi connectivity index (χ4v) is 2.70. The molecular weight excluding hydrogens is 357 g/mol. The number of hydrogen-bond acceptors (Lipinski definition) is 5. The van der Waals surface area contributed by atoms with Crippen molar-refractivity contribution in [3.8, 4) is 11.3 Å². The number of fused-ring (bicyclic) bond motifs is 1. The van der Waals surface area contributed by atoms with Crippen LogP contribution in [-0.2, 0) is 9.59 Å². The van der Waals surface area contributed by atoms with Crippen molar-refractivity contribution < 1.29 is 14.7 Å². The first-order valence-corrected chi connectivity index (χ1v) is 8.96. The molecule has 8 nitrogen and oxygen atoms in total. The molecule has 1 amide bonds. The van der Waals surface area contributed by atoms with Gasteiger partial charge in [-0.1, -0.05) is 30.3 Å². The Morgan fingerprint density at radius 2 is 1.93 bits per heavy atom. The fourth-order valence-electron chi connectivity index (χ4n) is 2.70. The molecule has 0 fully saturated rings. The highest BCUT2D eigenvalue weighted by Gasteiger charge is 2.10. The Hall–Kier alpha value is -3.36. The average molecular weight is 377 g/mol. The van der Waals surface area contributed by atoms with Crippen molar-refractivity contribution in [3.63, 3.8) is 0 Å². The number of carbonyl (C=O) groups is 2. The maximum atomic E-state index is 11.5. The van der Waals surface area contributed by atoms with Gasteiger partial charge in [-0.15, -0.1) is 0 Å². The SMILES string of the molecule is [B]c1cnn2c(NCCCNC(=O)CCC(=O)O)cc(-c3ccccc3)nc12. The van der Waals surface area contributed by atoms with E-state index in [0.29, 0.717) is 30.6 Å². The van der Waals surface area contributed by atoms with Crippen LogP contribution in [0.5, 0.6) is 0 Å². The highest BCUT2D eigenvalue weighted by atomic mass is 16.4. The first-order valence-electron chi connectivity index (χ1n) is 8.96. The number of nitrogens with zero attached hydrogens (tertiary/aromatic N) is 3. The number of carboxylic acid groups (broad SMARTS) is 1. The zero-order valence-corrected chi connectivity index (χ0v) is 15.3. The number of nitrogens with one attached hydrogen (secondary N) is 2. The number of amides is 1. The van der Waals surface area contributed by atoms with Gasteiger partial charge in [0, 0.05) is 37.3 Å². The Morgan fingerprint density at radius 1 is 1.14 bits per heavy atom. The molecule has 0 bridgehead atoms. The van der Waals surface area contributed by atoms with Crippen LogP contribution >= 0.6 is 0 Å². The smallest absolute Gasteiger partial charge is 0.303 e. The standard InChI is InChI=1S/C19H20BN5O3/c20-14-12-23-25-16(21-9-4-10-22-17(26)7-8-18(27)28)11-15(24-19(14)25)13-5-2-1-3-6-13/h1-3,5-6,11-12,21H,4,7-10H2,(H,22,26)(H,27,28). The van der Waals surface area contributed by atoms with Gasteiger partial charge in [0.05, 0.1) is 12.1 Å². The van der Waals surface area contributed by atoms with Gasteiger partial charge in [-0.25, -0.2) is 4.98 Å². The van der Waals surface area contributed by atoms with Crippen LogP contribution in [0, 0.1) is 0 Å². The molecule has 0 aliphatic carbocycles. The second kappa shape index (κ2) is 9.03. The van der Waals surface area contributed by atoms with Gasteiger partial charge in [-0.05, 0) is 11.9 Å². The van der Waals surface area contributed by atoms with Gasteiger partial charge < -0.3 is 15.7 Å². The number of rotatable bonds is 9. The molecule has 2 aromatic heterocycles. The van der Waals surface area contributed by atoms with E-state index in [1.165, 1.54) is 0 Å². The minimum atomic E-state index is -0.980. The van der Waals surface area contributed by atoms with E-state index in [4.69, 9.17) is 13.0 Å². The van der Waals surface area contributed by atoms with Gasteiger partial charge in [0.2, 0.25) is 5.91 Å². The zero-order valence-electron chi connectivity index (χ0n) is 15.3. The molecular formula is C19H20BN5O3. The fraction of sp³-hybridized carbons (Fsp3) is 0.263. The molecule has 28 heavy (non-hydrogen) atoms. The van der Waals surface area contributed by atoms with Crippen molar-refractivity contribution in [2.75, 3.05) is 18.4 Å². The summed E-state index contributed by atoms with van der Waals surface area (Å²) >= 11 is 0. The van der Waals surface area contributed by atoms with Crippen LogP contribution < -0.4 is 16.1 Å². The lowest BCUT2D eigenvalue weighted by Crippen LogP contribution is -2.26. The third-order valence-corrected chi connectivity index (χ3v) is 4.12. The lowest BCUT2D eigenvalue weighted by atomic mass is 10.0. The maximum Gasteiger partial charge on any atom is 0.303 e. The number of aliphatic carboxylic acids is 1. The lowest BCUT2D eigenvalue weighted by Gasteiger charge is -2.11. The summed E-state index contributed by atoms with van der Waals surface area (Å²) in [5, 5.41) is 18.8. The second-order valence-electron chi connectivity index (χ2n) is 6.25. The highest BCUT2D eigenvalue weighted by Crippen LogP contribution is 2.21. The summed E-state index contributed by atoms with van der Waals surface area (Å²) in [6.07, 6.45) is 2.05. The van der Waals surface area contributed by atoms with Gasteiger partial charge in [-0.2, -0.15) is 9.61 Å². The number of hydrogen-bond donors (Lipinski definition) is 3. The van der Waals surface area contributed by atoms with Crippen LogP contribution in [0.4, 0.5) is 5.82 Å². The Morgan fingerprint density at radius 3 is 2.68 bits per heavy atom. The second-order valence-corrected chi connectivity index (χ2v) is 6.25. The number of carbonyl (C=O) groups excluding carboxylic acids is 1. The van der Waals surface area contributed by atoms with Crippen LogP contribution in [0.25, 0.3) is 16.9 Å². The molecule has 2 radical (unpaired) electrons. The van der Waals surface area contributed by atoms with E-state index in [1.807, 2.05) is 36.4 Å². The minimum Gasteiger partial charge on any atom is -0.481 e. The summed E-state index contributed by atoms with van der Waals surface area (Å²) in [4.78, 5) is 26.6. The van der Waals surface area contributed by atoms with Crippen molar-refractivity contribution in [2.45, 2.75) is 19.3 Å². The summed E-state index contributed by atoms with van der Waals surface area (Å²) < 4.78 is 1.65. The molecule has 9 heteroatoms. The summed E-state index contributed by atoms with van der Waals surface area (Å²) in [6.45, 7) is 1.04. The Balaban J connectivity index is 1.63. The molecule has 3 N–H and O–H groups in total. The highest BCUT2D eigenvalue weighted by molar-refractivity contribution is 6.36. The minimum absolute atomic E-state index is 0.0132. The summed E-state index contributed by atoms with van der Waals surface area (Å²) in [5.74, 6) is -0.496. The molecule has 0 saturated heterocycles. The van der Waals surface area contributed by atoms with Gasteiger partial charge in [0.1, 0.15) is 13.7 Å². The third kappa shape index (κ3) is 4.88. The number of anilines is 1. The third-order valence-electron chi connectivity index (χ3n) is 4.12. The van der Waals surface area contributed by atoms with Crippen LogP contribution in [0.1, 0.15) is 19.3 Å². The van der Waals surface area contributed by atoms with Gasteiger partial charge >= 0.3 is 5.97 Å². The molecule has 142 valence electrons. The molecule has 0 spiro atoms. The molecule has 0 aliphatic heterocycles. The van der Waals surface area contributed by atoms with Crippen LogP contribution in [0.15, 0.2) is 42.6 Å². The van der Waals surface area contributed by atoms with Crippen molar-refractivity contribution in [3.05, 3.63) is 42.6 Å². The first kappa shape index (κ1) is 19.4. The van der Waals surface area contributed by atoms with Crippen molar-refractivity contribution in [1.82, 2.24) is 19.9 Å².